The van der Waals surface area contributed by atoms with E-state index in [0.717, 1.165) is 11.1 Å². The van der Waals surface area contributed by atoms with Crippen LogP contribution in [-0.4, -0.2) is 17.0 Å². The molecule has 0 radical (unpaired) electrons. The van der Waals surface area contributed by atoms with Gasteiger partial charge < -0.3 is 10.4 Å². The first-order valence-electron chi connectivity index (χ1n) is 4.99. The minimum absolute atomic E-state index is 0.353. The van der Waals surface area contributed by atoms with Gasteiger partial charge in [0, 0.05) is 6.92 Å². The second-order valence-corrected chi connectivity index (χ2v) is 3.83. The van der Waals surface area contributed by atoms with Gasteiger partial charge in [0.15, 0.2) is 6.04 Å². The minimum atomic E-state index is -1.05. The van der Waals surface area contributed by atoms with Crippen molar-refractivity contribution in [3.8, 4) is 0 Å². The van der Waals surface area contributed by atoms with Crippen molar-refractivity contribution in [1.29, 1.82) is 0 Å². The fourth-order valence-electron chi connectivity index (χ4n) is 1.55. The Morgan fingerprint density at radius 3 is 2.44 bits per heavy atom. The van der Waals surface area contributed by atoms with Crippen LogP contribution in [0.3, 0.4) is 0 Å². The van der Waals surface area contributed by atoms with E-state index in [0.29, 0.717) is 5.56 Å². The maximum Gasteiger partial charge on any atom is 0.330 e. The zero-order valence-electron chi connectivity index (χ0n) is 9.57. The summed E-state index contributed by atoms with van der Waals surface area (Å²) in [6, 6.07) is 4.57. The predicted octanol–water partition coefficient (Wildman–Crippen LogP) is 1.57. The third-order valence-electron chi connectivity index (χ3n) is 2.34. The van der Waals surface area contributed by atoms with Gasteiger partial charge in [-0.25, -0.2) is 4.79 Å². The number of amides is 1. The first-order valence-corrected chi connectivity index (χ1v) is 4.99. The van der Waals surface area contributed by atoms with Crippen molar-refractivity contribution in [2.24, 2.45) is 0 Å². The molecule has 0 unspecified atom stereocenters. The van der Waals surface area contributed by atoms with Crippen molar-refractivity contribution in [2.75, 3.05) is 0 Å². The van der Waals surface area contributed by atoms with E-state index in [1.54, 1.807) is 6.07 Å². The van der Waals surface area contributed by atoms with E-state index in [4.69, 9.17) is 5.11 Å². The highest BCUT2D eigenvalue weighted by Gasteiger charge is 2.22. The van der Waals surface area contributed by atoms with Gasteiger partial charge in [0.1, 0.15) is 0 Å². The predicted molar refractivity (Wildman–Crippen MR) is 60.1 cm³/mol. The molecule has 1 atom stereocenters. The molecule has 0 aliphatic rings. The second kappa shape index (κ2) is 4.79. The second-order valence-electron chi connectivity index (χ2n) is 3.83. The zero-order valence-corrected chi connectivity index (χ0v) is 9.57. The SMILES string of the molecule is CC(=O)N[C@@H](C(=O)O)c1cc(C)ccc1C. The Balaban J connectivity index is 3.14. The summed E-state index contributed by atoms with van der Waals surface area (Å²) in [5.74, 6) is -1.41. The van der Waals surface area contributed by atoms with E-state index in [-0.39, 0.29) is 5.91 Å². The van der Waals surface area contributed by atoms with Gasteiger partial charge in [-0.15, -0.1) is 0 Å². The first kappa shape index (κ1) is 12.2. The molecule has 1 amide bonds. The average molecular weight is 221 g/mol. The molecule has 0 aliphatic heterocycles. The molecule has 4 heteroatoms. The van der Waals surface area contributed by atoms with E-state index in [1.807, 2.05) is 26.0 Å². The van der Waals surface area contributed by atoms with Gasteiger partial charge in [0.05, 0.1) is 0 Å². The summed E-state index contributed by atoms with van der Waals surface area (Å²) in [4.78, 5) is 22.0. The maximum absolute atomic E-state index is 11.1. The summed E-state index contributed by atoms with van der Waals surface area (Å²) in [6.45, 7) is 5.02. The lowest BCUT2D eigenvalue weighted by atomic mass is 9.99. The Kier molecular flexibility index (Phi) is 3.66. The standard InChI is InChI=1S/C12H15NO3/c1-7-4-5-8(2)10(6-7)11(12(15)16)13-9(3)14/h4-6,11H,1-3H3,(H,13,14)(H,15,16)/t11-/m1/s1. The molecular formula is C12H15NO3. The van der Waals surface area contributed by atoms with Gasteiger partial charge in [-0.2, -0.15) is 0 Å². The van der Waals surface area contributed by atoms with Crippen LogP contribution in [0.1, 0.15) is 29.7 Å². The molecule has 1 rings (SSSR count). The average Bonchev–Trinajstić information content (AvgIpc) is 2.18. The van der Waals surface area contributed by atoms with Crippen LogP contribution in [0, 0.1) is 13.8 Å². The van der Waals surface area contributed by atoms with Crippen molar-refractivity contribution < 1.29 is 14.7 Å². The number of carbonyl (C=O) groups is 2. The molecule has 0 spiro atoms. The molecule has 1 aromatic rings. The van der Waals surface area contributed by atoms with Gasteiger partial charge in [-0.05, 0) is 25.0 Å². The van der Waals surface area contributed by atoms with E-state index in [1.165, 1.54) is 6.92 Å². The Hall–Kier alpha value is -1.84. The van der Waals surface area contributed by atoms with Crippen LogP contribution in [0.5, 0.6) is 0 Å². The van der Waals surface area contributed by atoms with E-state index >= 15 is 0 Å². The third-order valence-corrected chi connectivity index (χ3v) is 2.34. The smallest absolute Gasteiger partial charge is 0.330 e. The van der Waals surface area contributed by atoms with Gasteiger partial charge in [0.25, 0.3) is 0 Å². The number of nitrogens with one attached hydrogen (secondary N) is 1. The lowest BCUT2D eigenvalue weighted by molar-refractivity contribution is -0.141. The number of aliphatic carboxylic acids is 1. The molecule has 0 saturated heterocycles. The van der Waals surface area contributed by atoms with Gasteiger partial charge >= 0.3 is 5.97 Å². The lowest BCUT2D eigenvalue weighted by Crippen LogP contribution is -2.32. The molecule has 0 heterocycles. The number of carboxylic acids is 1. The molecule has 16 heavy (non-hydrogen) atoms. The number of hydrogen-bond acceptors (Lipinski definition) is 2. The lowest BCUT2D eigenvalue weighted by Gasteiger charge is -2.16. The topological polar surface area (TPSA) is 66.4 Å². The highest BCUT2D eigenvalue weighted by atomic mass is 16.4. The fourth-order valence-corrected chi connectivity index (χ4v) is 1.55. The zero-order chi connectivity index (χ0) is 12.3. The van der Waals surface area contributed by atoms with Crippen LogP contribution >= 0.6 is 0 Å². The first-order chi connectivity index (χ1) is 7.41. The molecule has 4 nitrogen and oxygen atoms in total. The molecule has 0 aromatic heterocycles. The Morgan fingerprint density at radius 1 is 1.31 bits per heavy atom. The monoisotopic (exact) mass is 221 g/mol. The Bertz CT molecular complexity index is 426. The van der Waals surface area contributed by atoms with Crippen molar-refractivity contribution in [3.05, 3.63) is 34.9 Å². The fraction of sp³-hybridized carbons (Fsp3) is 0.333. The van der Waals surface area contributed by atoms with Gasteiger partial charge in [-0.1, -0.05) is 23.8 Å². The summed E-state index contributed by atoms with van der Waals surface area (Å²) in [5, 5.41) is 11.5. The Morgan fingerprint density at radius 2 is 1.94 bits per heavy atom. The van der Waals surface area contributed by atoms with E-state index in [9.17, 15) is 9.59 Å². The molecule has 1 aromatic carbocycles. The number of aryl methyl sites for hydroxylation is 2. The normalized spacial score (nSPS) is 11.9. The van der Waals surface area contributed by atoms with Crippen LogP contribution in [0.2, 0.25) is 0 Å². The molecule has 0 saturated carbocycles. The number of carbonyl (C=O) groups excluding carboxylic acids is 1. The van der Waals surface area contributed by atoms with Crippen LogP contribution in [0.4, 0.5) is 0 Å². The van der Waals surface area contributed by atoms with Crippen molar-refractivity contribution in [1.82, 2.24) is 5.32 Å². The number of benzene rings is 1. The van der Waals surface area contributed by atoms with Crippen molar-refractivity contribution >= 4 is 11.9 Å². The Labute approximate surface area is 94.3 Å². The van der Waals surface area contributed by atoms with Crippen LogP contribution in [0.15, 0.2) is 18.2 Å². The summed E-state index contributed by atoms with van der Waals surface area (Å²) < 4.78 is 0. The quantitative estimate of drug-likeness (QED) is 0.814. The molecule has 0 bridgehead atoms. The van der Waals surface area contributed by atoms with Crippen LogP contribution in [0.25, 0.3) is 0 Å². The summed E-state index contributed by atoms with van der Waals surface area (Å²) in [6.07, 6.45) is 0. The summed E-state index contributed by atoms with van der Waals surface area (Å²) in [7, 11) is 0. The van der Waals surface area contributed by atoms with E-state index in [2.05, 4.69) is 5.32 Å². The summed E-state index contributed by atoms with van der Waals surface area (Å²) >= 11 is 0. The number of rotatable bonds is 3. The van der Waals surface area contributed by atoms with Crippen molar-refractivity contribution in [3.63, 3.8) is 0 Å². The number of carboxylic acid groups (broad SMARTS) is 1. The van der Waals surface area contributed by atoms with Gasteiger partial charge in [0.2, 0.25) is 5.91 Å². The molecule has 86 valence electrons. The molecule has 2 N–H and O–H groups in total. The largest absolute Gasteiger partial charge is 0.479 e. The minimum Gasteiger partial charge on any atom is -0.479 e. The molecule has 0 fully saturated rings. The third kappa shape index (κ3) is 2.82. The molecule has 0 aliphatic carbocycles. The van der Waals surface area contributed by atoms with E-state index < -0.39 is 12.0 Å². The van der Waals surface area contributed by atoms with Crippen LogP contribution < -0.4 is 5.32 Å². The maximum atomic E-state index is 11.1. The van der Waals surface area contributed by atoms with Crippen LogP contribution in [-0.2, 0) is 9.59 Å². The van der Waals surface area contributed by atoms with Crippen molar-refractivity contribution in [2.45, 2.75) is 26.8 Å². The molecular weight excluding hydrogens is 206 g/mol. The highest BCUT2D eigenvalue weighted by molar-refractivity contribution is 5.83. The summed E-state index contributed by atoms with van der Waals surface area (Å²) in [5.41, 5.74) is 2.45. The number of hydrogen-bond donors (Lipinski definition) is 2. The van der Waals surface area contributed by atoms with Gasteiger partial charge in [-0.3, -0.25) is 4.79 Å². The highest BCUT2D eigenvalue weighted by Crippen LogP contribution is 2.19.